The number of rotatable bonds is 11. The van der Waals surface area contributed by atoms with Crippen molar-refractivity contribution >= 4 is 23.6 Å². The maximum Gasteiger partial charge on any atom is 0.329 e. The molecule has 1 fully saturated rings. The molecule has 1 aliphatic rings. The van der Waals surface area contributed by atoms with Gasteiger partial charge in [0.25, 0.3) is 0 Å². The minimum absolute atomic E-state index is 0.0469. The molecule has 2 N–H and O–H groups in total. The number of imidazole rings is 1. The third-order valence-electron chi connectivity index (χ3n) is 6.14. The summed E-state index contributed by atoms with van der Waals surface area (Å²) in [6, 6.07) is 6.24. The number of carboxylic acid groups (broad SMARTS) is 1. The fourth-order valence-corrected chi connectivity index (χ4v) is 4.15. The van der Waals surface area contributed by atoms with E-state index in [0.717, 1.165) is 5.56 Å². The number of methoxy groups -OCH3 is 2. The van der Waals surface area contributed by atoms with Crippen LogP contribution in [0.5, 0.6) is 11.5 Å². The van der Waals surface area contributed by atoms with Crippen LogP contribution in [-0.2, 0) is 25.7 Å². The van der Waals surface area contributed by atoms with Gasteiger partial charge in [0, 0.05) is 49.7 Å². The van der Waals surface area contributed by atoms with E-state index in [1.165, 1.54) is 18.3 Å². The number of aliphatic carboxylic acids is 1. The molecule has 1 saturated heterocycles. The van der Waals surface area contributed by atoms with Gasteiger partial charge in [-0.2, -0.15) is 0 Å². The quantitative estimate of drug-likeness (QED) is 0.340. The molecule has 3 heterocycles. The molecule has 1 unspecified atom stereocenters. The summed E-state index contributed by atoms with van der Waals surface area (Å²) in [7, 11) is 3.09. The Labute approximate surface area is 224 Å². The van der Waals surface area contributed by atoms with Crippen molar-refractivity contribution in [1.82, 2.24) is 29.7 Å². The fraction of sp³-hybridized carbons (Fsp3) is 0.360. The Morgan fingerprint density at radius 3 is 2.62 bits per heavy atom. The van der Waals surface area contributed by atoms with Crippen molar-refractivity contribution in [3.8, 4) is 17.3 Å². The van der Waals surface area contributed by atoms with Gasteiger partial charge in [0.05, 0.1) is 20.8 Å². The molecule has 0 bridgehead atoms. The summed E-state index contributed by atoms with van der Waals surface area (Å²) >= 11 is 0. The molecule has 3 aromatic rings. The zero-order valence-electron chi connectivity index (χ0n) is 21.5. The Morgan fingerprint density at radius 2 is 1.90 bits per heavy atom. The number of benzene rings is 1. The van der Waals surface area contributed by atoms with Gasteiger partial charge in [-0.15, -0.1) is 0 Å². The van der Waals surface area contributed by atoms with Gasteiger partial charge in [-0.25, -0.2) is 19.7 Å². The third kappa shape index (κ3) is 6.78. The standard InChI is InChI=1S/C25H29N7O7/c1-37-18-4-3-17(20(9-18)38-2)11-27-25(36)19-12-30(23(33)13-39-14-24(34)35)7-8-32(19)22-10-21(28-15-29-22)31-6-5-26-16-31/h3-6,9-10,15-16,19H,7-8,11-14H2,1-2H3,(H,27,36)(H,34,35). The Kier molecular flexibility index (Phi) is 8.89. The Hall–Kier alpha value is -4.72. The summed E-state index contributed by atoms with van der Waals surface area (Å²) in [6.07, 6.45) is 6.37. The van der Waals surface area contributed by atoms with E-state index in [1.807, 2.05) is 4.90 Å². The molecule has 2 amide bonds. The number of carbonyl (C=O) groups excluding carboxylic acids is 2. The fourth-order valence-electron chi connectivity index (χ4n) is 4.15. The Bertz CT molecular complexity index is 1300. The predicted molar refractivity (Wildman–Crippen MR) is 137 cm³/mol. The predicted octanol–water partition coefficient (Wildman–Crippen LogP) is 0.114. The second-order valence-electron chi connectivity index (χ2n) is 8.54. The van der Waals surface area contributed by atoms with E-state index in [9.17, 15) is 14.4 Å². The molecular weight excluding hydrogens is 510 g/mol. The molecule has 1 aliphatic heterocycles. The molecule has 1 aromatic carbocycles. The van der Waals surface area contributed by atoms with Crippen LogP contribution >= 0.6 is 0 Å². The highest BCUT2D eigenvalue weighted by molar-refractivity contribution is 5.87. The van der Waals surface area contributed by atoms with Crippen LogP contribution in [0.25, 0.3) is 5.82 Å². The van der Waals surface area contributed by atoms with Crippen molar-refractivity contribution < 1.29 is 33.7 Å². The van der Waals surface area contributed by atoms with E-state index in [2.05, 4.69) is 20.3 Å². The van der Waals surface area contributed by atoms with Crippen LogP contribution in [0, 0.1) is 0 Å². The van der Waals surface area contributed by atoms with Gasteiger partial charge < -0.3 is 34.4 Å². The number of piperazine rings is 1. The SMILES string of the molecule is COc1ccc(CNC(=O)C2CN(C(=O)COCC(=O)O)CCN2c2cc(-n3ccnc3)ncn2)c(OC)c1. The minimum Gasteiger partial charge on any atom is -0.497 e. The summed E-state index contributed by atoms with van der Waals surface area (Å²) in [5, 5.41) is 11.7. The summed E-state index contributed by atoms with van der Waals surface area (Å²) in [4.78, 5) is 53.0. The zero-order chi connectivity index (χ0) is 27.8. The number of ether oxygens (including phenoxy) is 3. The molecule has 0 radical (unpaired) electrons. The first-order valence-corrected chi connectivity index (χ1v) is 12.0. The largest absolute Gasteiger partial charge is 0.497 e. The lowest BCUT2D eigenvalue weighted by Gasteiger charge is -2.41. The van der Waals surface area contributed by atoms with Gasteiger partial charge in [-0.05, 0) is 12.1 Å². The number of hydrogen-bond donors (Lipinski definition) is 2. The smallest absolute Gasteiger partial charge is 0.329 e. The van der Waals surface area contributed by atoms with E-state index in [0.29, 0.717) is 29.7 Å². The van der Waals surface area contributed by atoms with Crippen LogP contribution in [0.1, 0.15) is 5.56 Å². The summed E-state index contributed by atoms with van der Waals surface area (Å²) in [5.74, 6) is 0.342. The first-order valence-electron chi connectivity index (χ1n) is 12.0. The van der Waals surface area contributed by atoms with Crippen molar-refractivity contribution in [2.75, 3.05) is 52.0 Å². The molecule has 14 heteroatoms. The van der Waals surface area contributed by atoms with Crippen LogP contribution in [-0.4, -0.2) is 100 Å². The van der Waals surface area contributed by atoms with Crippen LogP contribution < -0.4 is 19.7 Å². The Morgan fingerprint density at radius 1 is 1.08 bits per heavy atom. The second kappa shape index (κ2) is 12.7. The molecule has 0 spiro atoms. The number of nitrogens with one attached hydrogen (secondary N) is 1. The van der Waals surface area contributed by atoms with Crippen molar-refractivity contribution in [3.63, 3.8) is 0 Å². The summed E-state index contributed by atoms with van der Waals surface area (Å²) in [6.45, 7) is -0.175. The summed E-state index contributed by atoms with van der Waals surface area (Å²) < 4.78 is 17.4. The highest BCUT2D eigenvalue weighted by Crippen LogP contribution is 2.25. The van der Waals surface area contributed by atoms with Crippen LogP contribution in [0.4, 0.5) is 5.82 Å². The third-order valence-corrected chi connectivity index (χ3v) is 6.14. The average molecular weight is 540 g/mol. The van der Waals surface area contributed by atoms with Crippen molar-refractivity contribution in [1.29, 1.82) is 0 Å². The van der Waals surface area contributed by atoms with Gasteiger partial charge in [-0.1, -0.05) is 0 Å². The van der Waals surface area contributed by atoms with Gasteiger partial charge in [0.1, 0.15) is 55.0 Å². The van der Waals surface area contributed by atoms with E-state index >= 15 is 0 Å². The number of anilines is 1. The van der Waals surface area contributed by atoms with Gasteiger partial charge in [-0.3, -0.25) is 14.2 Å². The average Bonchev–Trinajstić information content (AvgIpc) is 3.50. The van der Waals surface area contributed by atoms with Gasteiger partial charge in [0.2, 0.25) is 11.8 Å². The lowest BCUT2D eigenvalue weighted by Crippen LogP contribution is -2.61. The van der Waals surface area contributed by atoms with E-state index in [1.54, 1.807) is 54.7 Å². The van der Waals surface area contributed by atoms with Gasteiger partial charge >= 0.3 is 5.97 Å². The Balaban J connectivity index is 1.54. The maximum absolute atomic E-state index is 13.5. The number of carboxylic acids is 1. The molecule has 2 aromatic heterocycles. The number of amides is 2. The topological polar surface area (TPSA) is 161 Å². The van der Waals surface area contributed by atoms with Crippen molar-refractivity contribution in [2.45, 2.75) is 12.6 Å². The molecule has 14 nitrogen and oxygen atoms in total. The highest BCUT2D eigenvalue weighted by Gasteiger charge is 2.35. The molecule has 1 atom stereocenters. The number of nitrogens with zero attached hydrogens (tertiary/aromatic N) is 6. The number of aromatic nitrogens is 4. The minimum atomic E-state index is -1.17. The van der Waals surface area contributed by atoms with Crippen molar-refractivity contribution in [2.24, 2.45) is 0 Å². The number of carbonyl (C=O) groups is 3. The lowest BCUT2D eigenvalue weighted by molar-refractivity contribution is -0.146. The van der Waals surface area contributed by atoms with Crippen LogP contribution in [0.3, 0.4) is 0 Å². The van der Waals surface area contributed by atoms with Crippen molar-refractivity contribution in [3.05, 3.63) is 54.9 Å². The first kappa shape index (κ1) is 27.3. The normalized spacial score (nSPS) is 15.1. The zero-order valence-corrected chi connectivity index (χ0v) is 21.5. The van der Waals surface area contributed by atoms with E-state index in [4.69, 9.17) is 19.3 Å². The maximum atomic E-state index is 13.5. The molecule has 0 aliphatic carbocycles. The van der Waals surface area contributed by atoms with E-state index < -0.39 is 31.1 Å². The molecular formula is C25H29N7O7. The summed E-state index contributed by atoms with van der Waals surface area (Å²) in [5.41, 5.74) is 0.744. The molecule has 4 rings (SSSR count). The van der Waals surface area contributed by atoms with Crippen LogP contribution in [0.2, 0.25) is 0 Å². The number of hydrogen-bond acceptors (Lipinski definition) is 10. The molecule has 39 heavy (non-hydrogen) atoms. The lowest BCUT2D eigenvalue weighted by atomic mass is 10.1. The monoisotopic (exact) mass is 539 g/mol. The first-order chi connectivity index (χ1) is 18.9. The van der Waals surface area contributed by atoms with Gasteiger partial charge in [0.15, 0.2) is 0 Å². The molecule has 206 valence electrons. The second-order valence-corrected chi connectivity index (χ2v) is 8.54. The van der Waals surface area contributed by atoms with E-state index in [-0.39, 0.29) is 25.5 Å². The highest BCUT2D eigenvalue weighted by atomic mass is 16.5. The van der Waals surface area contributed by atoms with Crippen LogP contribution in [0.15, 0.2) is 49.3 Å². The molecule has 0 saturated carbocycles.